The van der Waals surface area contributed by atoms with E-state index in [-0.39, 0.29) is 17.4 Å². The maximum atomic E-state index is 13.0. The summed E-state index contributed by atoms with van der Waals surface area (Å²) in [6.45, 7) is 0.216. The van der Waals surface area contributed by atoms with Crippen molar-refractivity contribution < 1.29 is 9.13 Å². The van der Waals surface area contributed by atoms with Crippen molar-refractivity contribution in [3.8, 4) is 5.75 Å². The highest BCUT2D eigenvalue weighted by atomic mass is 35.5. The Morgan fingerprint density at radius 3 is 2.68 bits per heavy atom. The Labute approximate surface area is 120 Å². The van der Waals surface area contributed by atoms with Gasteiger partial charge in [-0.1, -0.05) is 42.0 Å². The molecule has 0 heterocycles. The highest BCUT2D eigenvalue weighted by molar-refractivity contribution is 7.80. The summed E-state index contributed by atoms with van der Waals surface area (Å²) in [4.78, 5) is 0.167. The fourth-order valence-electron chi connectivity index (χ4n) is 1.65. The molecule has 98 valence electrons. The van der Waals surface area contributed by atoms with Crippen molar-refractivity contribution in [2.24, 2.45) is 5.73 Å². The van der Waals surface area contributed by atoms with Crippen LogP contribution in [0.4, 0.5) is 4.39 Å². The van der Waals surface area contributed by atoms with E-state index in [9.17, 15) is 4.39 Å². The van der Waals surface area contributed by atoms with Crippen LogP contribution in [-0.2, 0) is 6.61 Å². The molecule has 0 unspecified atom stereocenters. The van der Waals surface area contributed by atoms with Crippen LogP contribution in [0.25, 0.3) is 0 Å². The predicted octanol–water partition coefficient (Wildman–Crippen LogP) is 3.69. The van der Waals surface area contributed by atoms with Gasteiger partial charge in [-0.05, 0) is 29.8 Å². The molecule has 0 bridgehead atoms. The van der Waals surface area contributed by atoms with Crippen molar-refractivity contribution in [2.45, 2.75) is 6.61 Å². The summed E-state index contributed by atoms with van der Waals surface area (Å²) in [6, 6.07) is 11.3. The van der Waals surface area contributed by atoms with Crippen molar-refractivity contribution in [1.29, 1.82) is 0 Å². The Hall–Kier alpha value is -1.65. The lowest BCUT2D eigenvalue weighted by Crippen LogP contribution is -2.12. The minimum atomic E-state index is -0.304. The molecule has 5 heteroatoms. The first-order valence-electron chi connectivity index (χ1n) is 5.53. The van der Waals surface area contributed by atoms with Gasteiger partial charge in [0.25, 0.3) is 0 Å². The van der Waals surface area contributed by atoms with Crippen LogP contribution in [0.3, 0.4) is 0 Å². The van der Waals surface area contributed by atoms with Crippen LogP contribution in [0, 0.1) is 5.82 Å². The van der Waals surface area contributed by atoms with Crippen LogP contribution < -0.4 is 10.5 Å². The molecule has 0 aliphatic heterocycles. The zero-order valence-electron chi connectivity index (χ0n) is 9.90. The smallest absolute Gasteiger partial charge is 0.131 e. The largest absolute Gasteiger partial charge is 0.488 e. The van der Waals surface area contributed by atoms with Gasteiger partial charge in [0.15, 0.2) is 0 Å². The van der Waals surface area contributed by atoms with Gasteiger partial charge in [0.05, 0.1) is 10.6 Å². The molecule has 2 aromatic rings. The molecular weight excluding hydrogens is 285 g/mol. The lowest BCUT2D eigenvalue weighted by molar-refractivity contribution is 0.305. The number of nitrogens with two attached hydrogens (primary N) is 1. The third-order valence-corrected chi connectivity index (χ3v) is 3.02. The minimum absolute atomic E-state index is 0.167. The maximum absolute atomic E-state index is 13.0. The van der Waals surface area contributed by atoms with Gasteiger partial charge in [-0.3, -0.25) is 0 Å². The number of halogens is 2. The first-order valence-corrected chi connectivity index (χ1v) is 6.32. The van der Waals surface area contributed by atoms with Gasteiger partial charge in [0.2, 0.25) is 0 Å². The Balaban J connectivity index is 2.20. The van der Waals surface area contributed by atoms with Crippen molar-refractivity contribution in [2.75, 3.05) is 0 Å². The van der Waals surface area contributed by atoms with E-state index in [1.165, 1.54) is 12.1 Å². The molecule has 19 heavy (non-hydrogen) atoms. The van der Waals surface area contributed by atoms with Crippen LogP contribution >= 0.6 is 23.8 Å². The number of hydrogen-bond donors (Lipinski definition) is 1. The summed E-state index contributed by atoms with van der Waals surface area (Å²) in [5, 5.41) is 0.434. The molecule has 2 aromatic carbocycles. The summed E-state index contributed by atoms with van der Waals surface area (Å²) in [6.07, 6.45) is 0. The molecule has 2 rings (SSSR count). The molecule has 0 atom stereocenters. The maximum Gasteiger partial charge on any atom is 0.131 e. The third-order valence-electron chi connectivity index (χ3n) is 2.51. The molecule has 0 saturated heterocycles. The number of hydrogen-bond acceptors (Lipinski definition) is 2. The van der Waals surface area contributed by atoms with Crippen molar-refractivity contribution in [3.63, 3.8) is 0 Å². The molecule has 0 amide bonds. The molecule has 0 fully saturated rings. The third kappa shape index (κ3) is 3.43. The predicted molar refractivity (Wildman–Crippen MR) is 78.1 cm³/mol. The summed E-state index contributed by atoms with van der Waals surface area (Å²) in [7, 11) is 0. The van der Waals surface area contributed by atoms with Gasteiger partial charge in [0.1, 0.15) is 23.2 Å². The second-order valence-electron chi connectivity index (χ2n) is 3.90. The van der Waals surface area contributed by atoms with E-state index in [1.54, 1.807) is 30.3 Å². The lowest BCUT2D eigenvalue weighted by Gasteiger charge is -2.12. The van der Waals surface area contributed by atoms with E-state index < -0.39 is 0 Å². The summed E-state index contributed by atoms with van der Waals surface area (Å²) < 4.78 is 18.6. The van der Waals surface area contributed by atoms with Crippen LogP contribution in [0.1, 0.15) is 11.1 Å². The van der Waals surface area contributed by atoms with Gasteiger partial charge in [-0.2, -0.15) is 0 Å². The first-order chi connectivity index (χ1) is 9.08. The minimum Gasteiger partial charge on any atom is -0.488 e. The Morgan fingerprint density at radius 2 is 2.00 bits per heavy atom. The van der Waals surface area contributed by atoms with Crippen LogP contribution in [0.15, 0.2) is 42.5 Å². The van der Waals surface area contributed by atoms with E-state index >= 15 is 0 Å². The molecular formula is C14H11ClFNOS. The molecule has 2 N–H and O–H groups in total. The molecule has 0 saturated carbocycles. The van der Waals surface area contributed by atoms with E-state index in [0.29, 0.717) is 21.9 Å². The van der Waals surface area contributed by atoms with Crippen molar-refractivity contribution in [1.82, 2.24) is 0 Å². The molecule has 0 radical (unpaired) electrons. The van der Waals surface area contributed by atoms with Gasteiger partial charge in [-0.25, -0.2) is 4.39 Å². The topological polar surface area (TPSA) is 35.2 Å². The van der Waals surface area contributed by atoms with Crippen LogP contribution in [0.2, 0.25) is 5.02 Å². The average Bonchev–Trinajstić information content (AvgIpc) is 2.36. The molecule has 0 aliphatic rings. The zero-order valence-corrected chi connectivity index (χ0v) is 11.5. The normalized spacial score (nSPS) is 10.2. The highest BCUT2D eigenvalue weighted by Crippen LogP contribution is 2.27. The summed E-state index contributed by atoms with van der Waals surface area (Å²) >= 11 is 11.0. The van der Waals surface area contributed by atoms with E-state index in [2.05, 4.69) is 0 Å². The molecule has 0 aromatic heterocycles. The fraction of sp³-hybridized carbons (Fsp3) is 0.0714. The zero-order chi connectivity index (χ0) is 13.8. The van der Waals surface area contributed by atoms with Gasteiger partial charge in [0, 0.05) is 0 Å². The molecule has 0 aliphatic carbocycles. The Bertz CT molecular complexity index is 618. The average molecular weight is 296 g/mol. The summed E-state index contributed by atoms with van der Waals surface area (Å²) in [5.74, 6) is 0.186. The highest BCUT2D eigenvalue weighted by Gasteiger charge is 2.11. The number of benzene rings is 2. The van der Waals surface area contributed by atoms with Gasteiger partial charge in [-0.15, -0.1) is 0 Å². The standard InChI is InChI=1S/C14H11ClFNOS/c15-11-5-2-6-12(13(11)14(17)19)18-8-9-3-1-4-10(16)7-9/h1-7H,8H2,(H2,17,19). The van der Waals surface area contributed by atoms with Crippen molar-refractivity contribution >= 4 is 28.8 Å². The Morgan fingerprint density at radius 1 is 1.26 bits per heavy atom. The van der Waals surface area contributed by atoms with E-state index in [1.807, 2.05) is 0 Å². The van der Waals surface area contributed by atoms with Gasteiger partial charge < -0.3 is 10.5 Å². The quantitative estimate of drug-likeness (QED) is 0.874. The van der Waals surface area contributed by atoms with Gasteiger partial charge >= 0.3 is 0 Å². The second kappa shape index (κ2) is 5.99. The molecule has 0 spiro atoms. The van der Waals surface area contributed by atoms with E-state index in [0.717, 1.165) is 0 Å². The van der Waals surface area contributed by atoms with Crippen LogP contribution in [-0.4, -0.2) is 4.99 Å². The Kier molecular flexibility index (Phi) is 4.35. The fourth-order valence-corrected chi connectivity index (χ4v) is 2.19. The molecule has 2 nitrogen and oxygen atoms in total. The van der Waals surface area contributed by atoms with E-state index in [4.69, 9.17) is 34.3 Å². The second-order valence-corrected chi connectivity index (χ2v) is 4.74. The van der Waals surface area contributed by atoms with Crippen molar-refractivity contribution in [3.05, 3.63) is 64.4 Å². The lowest BCUT2D eigenvalue weighted by atomic mass is 10.2. The summed E-state index contributed by atoms with van der Waals surface area (Å²) in [5.41, 5.74) is 6.83. The monoisotopic (exact) mass is 295 g/mol. The number of thiocarbonyl (C=S) groups is 1. The number of ether oxygens (including phenoxy) is 1. The SMILES string of the molecule is NC(=S)c1c(Cl)cccc1OCc1cccc(F)c1. The van der Waals surface area contributed by atoms with Crippen LogP contribution in [0.5, 0.6) is 5.75 Å². The number of rotatable bonds is 4. The first kappa shape index (κ1) is 13.8.